The third-order valence-electron chi connectivity index (χ3n) is 5.23. The summed E-state index contributed by atoms with van der Waals surface area (Å²) in [6, 6.07) is 10.5. The number of carbonyl (C=O) groups excluding carboxylic acids is 1. The van der Waals surface area contributed by atoms with Crippen LogP contribution >= 0.6 is 11.6 Å². The number of nitriles is 1. The average molecular weight is 400 g/mol. The molecule has 1 fully saturated rings. The number of hydrogen-bond acceptors (Lipinski definition) is 3. The zero-order chi connectivity index (χ0) is 20.3. The standard InChI is InChI=1S/C22H23ClFN3O/c1-3-20(28)27-9-8-19(13-27)26-22-15(5-6-16(12-25)21(22)23)10-17-11-18(24)7-4-14(17)2/h4-7,11,19,26H,3,8-10,13H2,1-2H3/t19-/m0/s1. The van der Waals surface area contributed by atoms with Gasteiger partial charge in [0.05, 0.1) is 16.3 Å². The number of rotatable bonds is 5. The van der Waals surface area contributed by atoms with Gasteiger partial charge in [0.2, 0.25) is 5.91 Å². The Bertz CT molecular complexity index is 938. The number of likely N-dealkylation sites (tertiary alicyclic amines) is 1. The Kier molecular flexibility index (Phi) is 6.21. The smallest absolute Gasteiger partial charge is 0.222 e. The molecule has 2 aromatic carbocycles. The van der Waals surface area contributed by atoms with Gasteiger partial charge in [-0.2, -0.15) is 5.26 Å². The summed E-state index contributed by atoms with van der Waals surface area (Å²) in [5.41, 5.74) is 3.85. The van der Waals surface area contributed by atoms with Crippen molar-refractivity contribution in [1.29, 1.82) is 5.26 Å². The van der Waals surface area contributed by atoms with Crippen molar-refractivity contribution in [2.45, 2.75) is 39.2 Å². The van der Waals surface area contributed by atoms with Crippen LogP contribution in [0.2, 0.25) is 5.02 Å². The topological polar surface area (TPSA) is 56.1 Å². The highest BCUT2D eigenvalue weighted by atomic mass is 35.5. The molecular weight excluding hydrogens is 377 g/mol. The van der Waals surface area contributed by atoms with Crippen LogP contribution < -0.4 is 5.32 Å². The number of halogens is 2. The van der Waals surface area contributed by atoms with E-state index < -0.39 is 0 Å². The van der Waals surface area contributed by atoms with Crippen molar-refractivity contribution in [3.8, 4) is 6.07 Å². The molecule has 1 N–H and O–H groups in total. The first kappa shape index (κ1) is 20.2. The summed E-state index contributed by atoms with van der Waals surface area (Å²) >= 11 is 6.52. The van der Waals surface area contributed by atoms with Gasteiger partial charge in [-0.25, -0.2) is 4.39 Å². The predicted octanol–water partition coefficient (Wildman–Crippen LogP) is 4.67. The van der Waals surface area contributed by atoms with E-state index in [0.29, 0.717) is 42.2 Å². The third-order valence-corrected chi connectivity index (χ3v) is 5.63. The van der Waals surface area contributed by atoms with Gasteiger partial charge in [0, 0.05) is 25.6 Å². The zero-order valence-corrected chi connectivity index (χ0v) is 16.8. The molecule has 6 heteroatoms. The molecule has 0 spiro atoms. The number of aryl methyl sites for hydroxylation is 1. The van der Waals surface area contributed by atoms with Crippen molar-refractivity contribution in [2.75, 3.05) is 18.4 Å². The normalized spacial score (nSPS) is 16.1. The first-order valence-electron chi connectivity index (χ1n) is 9.43. The summed E-state index contributed by atoms with van der Waals surface area (Å²) in [6.07, 6.45) is 1.81. The highest BCUT2D eigenvalue weighted by Gasteiger charge is 2.26. The highest BCUT2D eigenvalue weighted by Crippen LogP contribution is 2.33. The lowest BCUT2D eigenvalue weighted by Crippen LogP contribution is -2.31. The van der Waals surface area contributed by atoms with Crippen LogP contribution in [0.3, 0.4) is 0 Å². The van der Waals surface area contributed by atoms with Gasteiger partial charge in [-0.15, -0.1) is 0 Å². The maximum atomic E-state index is 13.7. The fraction of sp³-hybridized carbons (Fsp3) is 0.364. The second-order valence-electron chi connectivity index (χ2n) is 7.14. The number of carbonyl (C=O) groups is 1. The van der Waals surface area contributed by atoms with E-state index in [9.17, 15) is 14.4 Å². The van der Waals surface area contributed by atoms with Gasteiger partial charge >= 0.3 is 0 Å². The second-order valence-corrected chi connectivity index (χ2v) is 7.52. The fourth-order valence-corrected chi connectivity index (χ4v) is 3.85. The molecule has 1 saturated heterocycles. The Labute approximate surface area is 169 Å². The number of amides is 1. The molecule has 0 aromatic heterocycles. The maximum absolute atomic E-state index is 13.7. The molecule has 0 saturated carbocycles. The Morgan fingerprint density at radius 2 is 2.14 bits per heavy atom. The Hall–Kier alpha value is -2.58. The largest absolute Gasteiger partial charge is 0.379 e. The van der Waals surface area contributed by atoms with Gasteiger partial charge < -0.3 is 10.2 Å². The lowest BCUT2D eigenvalue weighted by Gasteiger charge is -2.21. The van der Waals surface area contributed by atoms with Gasteiger partial charge in [-0.05, 0) is 54.7 Å². The van der Waals surface area contributed by atoms with E-state index in [4.69, 9.17) is 11.6 Å². The molecule has 1 aliphatic rings. The van der Waals surface area contributed by atoms with E-state index in [2.05, 4.69) is 11.4 Å². The molecule has 0 radical (unpaired) electrons. The average Bonchev–Trinajstić information content (AvgIpc) is 3.15. The minimum Gasteiger partial charge on any atom is -0.379 e. The lowest BCUT2D eigenvalue weighted by atomic mass is 9.97. The monoisotopic (exact) mass is 399 g/mol. The molecule has 0 unspecified atom stereocenters. The molecule has 1 atom stereocenters. The predicted molar refractivity (Wildman–Crippen MR) is 109 cm³/mol. The molecule has 0 aliphatic carbocycles. The van der Waals surface area contributed by atoms with Crippen molar-refractivity contribution < 1.29 is 9.18 Å². The van der Waals surface area contributed by atoms with Crippen molar-refractivity contribution in [3.63, 3.8) is 0 Å². The van der Waals surface area contributed by atoms with Gasteiger partial charge in [0.1, 0.15) is 11.9 Å². The number of nitrogens with one attached hydrogen (secondary N) is 1. The number of nitrogens with zero attached hydrogens (tertiary/aromatic N) is 2. The Balaban J connectivity index is 1.90. The van der Waals surface area contributed by atoms with Crippen LogP contribution in [0.1, 0.15) is 42.0 Å². The summed E-state index contributed by atoms with van der Waals surface area (Å²) < 4.78 is 13.7. The first-order valence-corrected chi connectivity index (χ1v) is 9.81. The SMILES string of the molecule is CCC(=O)N1CC[C@H](Nc2c(Cc3cc(F)ccc3C)ccc(C#N)c2Cl)C1. The molecule has 2 aromatic rings. The van der Waals surface area contributed by atoms with E-state index in [-0.39, 0.29) is 17.8 Å². The summed E-state index contributed by atoms with van der Waals surface area (Å²) in [7, 11) is 0. The van der Waals surface area contributed by atoms with Crippen LogP contribution in [-0.2, 0) is 11.2 Å². The number of anilines is 1. The molecule has 28 heavy (non-hydrogen) atoms. The van der Waals surface area contributed by atoms with E-state index >= 15 is 0 Å². The van der Waals surface area contributed by atoms with Crippen molar-refractivity contribution >= 4 is 23.2 Å². The molecule has 1 heterocycles. The van der Waals surface area contributed by atoms with Gasteiger partial charge in [0.15, 0.2) is 0 Å². The molecule has 4 nitrogen and oxygen atoms in total. The van der Waals surface area contributed by atoms with Gasteiger partial charge in [-0.1, -0.05) is 30.7 Å². The first-order chi connectivity index (χ1) is 13.4. The molecule has 1 aliphatic heterocycles. The van der Waals surface area contributed by atoms with E-state index in [1.165, 1.54) is 12.1 Å². The van der Waals surface area contributed by atoms with Crippen LogP contribution in [0.25, 0.3) is 0 Å². The van der Waals surface area contributed by atoms with E-state index in [1.807, 2.05) is 24.8 Å². The van der Waals surface area contributed by atoms with Crippen molar-refractivity contribution in [2.24, 2.45) is 0 Å². The summed E-state index contributed by atoms with van der Waals surface area (Å²) in [5, 5.41) is 13.2. The summed E-state index contributed by atoms with van der Waals surface area (Å²) in [6.45, 7) is 5.12. The molecular formula is C22H23ClFN3O. The molecule has 3 rings (SSSR count). The fourth-order valence-electron chi connectivity index (χ4n) is 3.57. The Morgan fingerprint density at radius 3 is 2.86 bits per heavy atom. The number of benzene rings is 2. The highest BCUT2D eigenvalue weighted by molar-refractivity contribution is 6.34. The molecule has 0 bridgehead atoms. The van der Waals surface area contributed by atoms with Crippen LogP contribution in [-0.4, -0.2) is 29.9 Å². The minimum atomic E-state index is -0.278. The quantitative estimate of drug-likeness (QED) is 0.794. The third kappa shape index (κ3) is 4.28. The van der Waals surface area contributed by atoms with Crippen molar-refractivity contribution in [3.05, 3.63) is 63.4 Å². The maximum Gasteiger partial charge on any atom is 0.222 e. The van der Waals surface area contributed by atoms with Crippen molar-refractivity contribution in [1.82, 2.24) is 4.90 Å². The lowest BCUT2D eigenvalue weighted by molar-refractivity contribution is -0.129. The van der Waals surface area contributed by atoms with Crippen LogP contribution in [0.4, 0.5) is 10.1 Å². The second kappa shape index (κ2) is 8.62. The minimum absolute atomic E-state index is 0.0642. The number of hydrogen-bond donors (Lipinski definition) is 1. The van der Waals surface area contributed by atoms with E-state index in [1.54, 1.807) is 12.1 Å². The van der Waals surface area contributed by atoms with Gasteiger partial charge in [-0.3, -0.25) is 4.79 Å². The van der Waals surface area contributed by atoms with Crippen LogP contribution in [0, 0.1) is 24.1 Å². The van der Waals surface area contributed by atoms with E-state index in [0.717, 1.165) is 23.1 Å². The van der Waals surface area contributed by atoms with Crippen LogP contribution in [0.5, 0.6) is 0 Å². The molecule has 1 amide bonds. The van der Waals surface area contributed by atoms with Crippen LogP contribution in [0.15, 0.2) is 30.3 Å². The summed E-state index contributed by atoms with van der Waals surface area (Å²) in [5.74, 6) is -0.142. The zero-order valence-electron chi connectivity index (χ0n) is 16.1. The molecule has 146 valence electrons. The Morgan fingerprint density at radius 1 is 1.36 bits per heavy atom. The summed E-state index contributed by atoms with van der Waals surface area (Å²) in [4.78, 5) is 13.8. The van der Waals surface area contributed by atoms with Gasteiger partial charge in [0.25, 0.3) is 0 Å².